The molecule has 6 heteroatoms. The maximum Gasteiger partial charge on any atom is 0.344 e. The normalized spacial score (nSPS) is 29.4. The van der Waals surface area contributed by atoms with Crippen LogP contribution in [0.3, 0.4) is 0 Å². The lowest BCUT2D eigenvalue weighted by Crippen LogP contribution is -2.34. The van der Waals surface area contributed by atoms with Crippen molar-refractivity contribution in [1.82, 2.24) is 15.1 Å². The Morgan fingerprint density at radius 1 is 1.23 bits per heavy atom. The molecule has 0 spiro atoms. The summed E-state index contributed by atoms with van der Waals surface area (Å²) in [5.74, 6) is 1.66. The molecule has 4 rings (SSSR count). The number of hydrogen-bond donors (Lipinski definition) is 1. The molecule has 1 N–H and O–H groups in total. The van der Waals surface area contributed by atoms with Crippen LogP contribution >= 0.6 is 0 Å². The molecule has 1 aromatic rings. The number of rotatable bonds is 3. The first-order valence-corrected chi connectivity index (χ1v) is 8.46. The maximum atomic E-state index is 12.0. The Morgan fingerprint density at radius 2 is 2.05 bits per heavy atom. The summed E-state index contributed by atoms with van der Waals surface area (Å²) in [6.45, 7) is 0.588. The summed E-state index contributed by atoms with van der Waals surface area (Å²) >= 11 is 0. The van der Waals surface area contributed by atoms with Crippen molar-refractivity contribution in [3.63, 3.8) is 0 Å². The van der Waals surface area contributed by atoms with E-state index in [2.05, 4.69) is 5.16 Å². The fourth-order valence-corrected chi connectivity index (χ4v) is 4.22. The van der Waals surface area contributed by atoms with Crippen LogP contribution in [-0.4, -0.2) is 38.9 Å². The lowest BCUT2D eigenvalue weighted by molar-refractivity contribution is -0.0584. The van der Waals surface area contributed by atoms with E-state index in [1.165, 1.54) is 32.1 Å². The molecule has 1 aliphatic carbocycles. The molecule has 2 saturated heterocycles. The number of piperidine rings is 1. The van der Waals surface area contributed by atoms with Gasteiger partial charge in [0, 0.05) is 19.0 Å². The zero-order chi connectivity index (χ0) is 15.1. The summed E-state index contributed by atoms with van der Waals surface area (Å²) in [4.78, 5) is 13.8. The first-order valence-electron chi connectivity index (χ1n) is 8.46. The Bertz CT molecular complexity index is 553. The van der Waals surface area contributed by atoms with E-state index >= 15 is 0 Å². The Hall–Kier alpha value is -1.56. The Balaban J connectivity index is 1.46. The van der Waals surface area contributed by atoms with Gasteiger partial charge in [-0.25, -0.2) is 9.86 Å². The van der Waals surface area contributed by atoms with Crippen molar-refractivity contribution in [2.45, 2.75) is 63.5 Å². The molecule has 2 bridgehead atoms. The SMILES string of the molecule is O=C1N(O)[C@@H]2CC[C@@H](c3cc(CC4CCCCC4)on3)N1C2. The minimum absolute atomic E-state index is 0.0512. The molecule has 0 radical (unpaired) electrons. The highest BCUT2D eigenvalue weighted by atomic mass is 16.5. The van der Waals surface area contributed by atoms with Crippen LogP contribution in [0.2, 0.25) is 0 Å². The molecule has 2 atom stereocenters. The fraction of sp³-hybridized carbons (Fsp3) is 0.750. The summed E-state index contributed by atoms with van der Waals surface area (Å²) in [5, 5.41) is 14.8. The lowest BCUT2D eigenvalue weighted by Gasteiger charge is -2.28. The van der Waals surface area contributed by atoms with Crippen molar-refractivity contribution in [3.8, 4) is 0 Å². The molecule has 2 amide bonds. The number of carbonyl (C=O) groups is 1. The quantitative estimate of drug-likeness (QED) is 0.871. The van der Waals surface area contributed by atoms with Gasteiger partial charge in [-0.2, -0.15) is 0 Å². The standard InChI is InChI=1S/C16H23N3O3/c20-16-18-10-12(19(16)21)6-7-15(18)14-9-13(22-17-14)8-11-4-2-1-3-5-11/h9,11-12,15,21H,1-8,10H2/t12-,15+/m1/s1. The molecule has 0 unspecified atom stereocenters. The highest BCUT2D eigenvalue weighted by Gasteiger charge is 2.45. The molecule has 22 heavy (non-hydrogen) atoms. The van der Waals surface area contributed by atoms with Crippen LogP contribution < -0.4 is 0 Å². The molecule has 3 aliphatic rings. The van der Waals surface area contributed by atoms with Gasteiger partial charge >= 0.3 is 6.03 Å². The van der Waals surface area contributed by atoms with Gasteiger partial charge in [-0.1, -0.05) is 37.3 Å². The molecule has 3 heterocycles. The topological polar surface area (TPSA) is 69.8 Å². The van der Waals surface area contributed by atoms with Crippen molar-refractivity contribution in [2.75, 3.05) is 6.54 Å². The summed E-state index contributed by atoms with van der Waals surface area (Å²) in [6, 6.07) is 1.61. The van der Waals surface area contributed by atoms with Crippen molar-refractivity contribution >= 4 is 6.03 Å². The van der Waals surface area contributed by atoms with Gasteiger partial charge in [-0.05, 0) is 18.8 Å². The number of hydrogen-bond acceptors (Lipinski definition) is 4. The van der Waals surface area contributed by atoms with E-state index in [9.17, 15) is 10.0 Å². The zero-order valence-electron chi connectivity index (χ0n) is 12.8. The number of hydroxylamine groups is 2. The van der Waals surface area contributed by atoms with Gasteiger partial charge < -0.3 is 9.42 Å². The average molecular weight is 305 g/mol. The second kappa shape index (κ2) is 5.57. The number of carbonyl (C=O) groups excluding carboxylic acids is 1. The Labute approximate surface area is 130 Å². The Morgan fingerprint density at radius 3 is 2.86 bits per heavy atom. The van der Waals surface area contributed by atoms with E-state index in [1.54, 1.807) is 4.90 Å². The summed E-state index contributed by atoms with van der Waals surface area (Å²) < 4.78 is 5.53. The largest absolute Gasteiger partial charge is 0.361 e. The fourth-order valence-electron chi connectivity index (χ4n) is 4.22. The molecule has 2 aliphatic heterocycles. The first-order chi connectivity index (χ1) is 10.7. The third-order valence-electron chi connectivity index (χ3n) is 5.48. The molecule has 0 aromatic carbocycles. The van der Waals surface area contributed by atoms with Crippen molar-refractivity contribution in [1.29, 1.82) is 0 Å². The van der Waals surface area contributed by atoms with E-state index in [0.29, 0.717) is 12.5 Å². The number of amides is 2. The third kappa shape index (κ3) is 2.39. The minimum Gasteiger partial charge on any atom is -0.361 e. The predicted octanol–water partition coefficient (Wildman–Crippen LogP) is 3.13. The van der Waals surface area contributed by atoms with E-state index in [-0.39, 0.29) is 18.1 Å². The minimum atomic E-state index is -0.302. The molecular weight excluding hydrogens is 282 g/mol. The van der Waals surface area contributed by atoms with E-state index < -0.39 is 0 Å². The van der Waals surface area contributed by atoms with Crippen molar-refractivity contribution in [3.05, 3.63) is 17.5 Å². The molecule has 1 saturated carbocycles. The van der Waals surface area contributed by atoms with Gasteiger partial charge in [0.2, 0.25) is 0 Å². The number of fused-ring (bicyclic) bond motifs is 2. The van der Waals surface area contributed by atoms with E-state index in [0.717, 1.165) is 35.8 Å². The molecule has 120 valence electrons. The van der Waals surface area contributed by atoms with Crippen LogP contribution in [0.15, 0.2) is 10.6 Å². The van der Waals surface area contributed by atoms with Gasteiger partial charge in [-0.3, -0.25) is 5.21 Å². The number of urea groups is 1. The van der Waals surface area contributed by atoms with Crippen LogP contribution in [0.25, 0.3) is 0 Å². The predicted molar refractivity (Wildman–Crippen MR) is 78.3 cm³/mol. The zero-order valence-corrected chi connectivity index (χ0v) is 12.8. The van der Waals surface area contributed by atoms with Crippen molar-refractivity contribution < 1.29 is 14.5 Å². The van der Waals surface area contributed by atoms with Crippen LogP contribution in [0.5, 0.6) is 0 Å². The molecule has 3 fully saturated rings. The highest BCUT2D eigenvalue weighted by Crippen LogP contribution is 2.37. The average Bonchev–Trinajstić information content (AvgIpc) is 3.09. The summed E-state index contributed by atoms with van der Waals surface area (Å²) in [7, 11) is 0. The van der Waals surface area contributed by atoms with Crippen LogP contribution in [0.4, 0.5) is 4.79 Å². The lowest BCUT2D eigenvalue weighted by atomic mass is 9.86. The maximum absolute atomic E-state index is 12.0. The summed E-state index contributed by atoms with van der Waals surface area (Å²) in [6.07, 6.45) is 9.18. The second-order valence-corrected chi connectivity index (χ2v) is 6.95. The van der Waals surface area contributed by atoms with Gasteiger partial charge in [0.25, 0.3) is 0 Å². The molecular formula is C16H23N3O3. The molecule has 6 nitrogen and oxygen atoms in total. The van der Waals surface area contributed by atoms with Gasteiger partial charge in [0.1, 0.15) is 11.5 Å². The second-order valence-electron chi connectivity index (χ2n) is 6.95. The van der Waals surface area contributed by atoms with Crippen LogP contribution in [0.1, 0.15) is 62.4 Å². The van der Waals surface area contributed by atoms with Gasteiger partial charge in [0.05, 0.1) is 12.1 Å². The monoisotopic (exact) mass is 305 g/mol. The molecule has 1 aromatic heterocycles. The van der Waals surface area contributed by atoms with E-state index in [4.69, 9.17) is 4.52 Å². The van der Waals surface area contributed by atoms with Crippen LogP contribution in [0, 0.1) is 5.92 Å². The van der Waals surface area contributed by atoms with Gasteiger partial charge in [0.15, 0.2) is 0 Å². The highest BCUT2D eigenvalue weighted by molar-refractivity contribution is 5.76. The Kier molecular flexibility index (Phi) is 3.56. The third-order valence-corrected chi connectivity index (χ3v) is 5.48. The van der Waals surface area contributed by atoms with E-state index in [1.807, 2.05) is 6.07 Å². The van der Waals surface area contributed by atoms with Crippen molar-refractivity contribution in [2.24, 2.45) is 5.92 Å². The number of nitrogens with zero attached hydrogens (tertiary/aromatic N) is 3. The summed E-state index contributed by atoms with van der Waals surface area (Å²) in [5.41, 5.74) is 0.841. The smallest absolute Gasteiger partial charge is 0.344 e. The first kappa shape index (κ1) is 14.1. The van der Waals surface area contributed by atoms with Gasteiger partial charge in [-0.15, -0.1) is 0 Å². The number of aromatic nitrogens is 1. The van der Waals surface area contributed by atoms with Crippen LogP contribution in [-0.2, 0) is 6.42 Å².